The van der Waals surface area contributed by atoms with E-state index < -0.39 is 24.1 Å². The number of ether oxygens (including phenoxy) is 2. The molecule has 0 aliphatic heterocycles. The van der Waals surface area contributed by atoms with E-state index in [1.165, 1.54) is 0 Å². The van der Waals surface area contributed by atoms with Crippen LogP contribution >= 0.6 is 0 Å². The first-order chi connectivity index (χ1) is 13.0. The zero-order valence-electron chi connectivity index (χ0n) is 14.6. The number of rotatable bonds is 9. The quantitative estimate of drug-likeness (QED) is 0.672. The number of carboxylic acid groups (broad SMARTS) is 1. The number of aliphatic carboxylic acids is 1. The van der Waals surface area contributed by atoms with Gasteiger partial charge in [-0.05, 0) is 17.5 Å². The van der Waals surface area contributed by atoms with Crippen LogP contribution in [0.15, 0.2) is 60.7 Å². The van der Waals surface area contributed by atoms with Gasteiger partial charge in [0.1, 0.15) is 13.2 Å². The first kappa shape index (κ1) is 20.0. The highest BCUT2D eigenvalue weighted by atomic mass is 16.5. The molecule has 27 heavy (non-hydrogen) atoms. The van der Waals surface area contributed by atoms with Crippen molar-refractivity contribution < 1.29 is 29.0 Å². The number of hydrogen-bond acceptors (Lipinski definition) is 6. The smallest absolute Gasteiger partial charge is 0.407 e. The van der Waals surface area contributed by atoms with Crippen molar-refractivity contribution in [1.82, 2.24) is 5.32 Å². The van der Waals surface area contributed by atoms with E-state index in [1.807, 2.05) is 36.4 Å². The minimum Gasteiger partial charge on any atom is -0.548 e. The standard InChI is InChI=1S/C20H21NO6/c22-18(26-13-15-7-3-1-4-8-15)12-11-17(19(23)24)21-20(25)27-14-16-9-5-2-6-10-16/h1-10,17H,11-14H2,(H,21,25)(H,23,24)/p-1/t17-/m0/s1. The molecule has 0 aliphatic rings. The summed E-state index contributed by atoms with van der Waals surface area (Å²) in [7, 11) is 0. The fourth-order valence-corrected chi connectivity index (χ4v) is 2.23. The lowest BCUT2D eigenvalue weighted by Crippen LogP contribution is -2.48. The molecular weight excluding hydrogens is 350 g/mol. The Hall–Kier alpha value is -3.35. The SMILES string of the molecule is O=C(CC[C@H](NC(=O)OCc1ccccc1)C(=O)[O-])OCc1ccccc1. The summed E-state index contributed by atoms with van der Waals surface area (Å²) in [5.41, 5.74) is 1.59. The van der Waals surface area contributed by atoms with Gasteiger partial charge in [-0.3, -0.25) is 4.79 Å². The van der Waals surface area contributed by atoms with Crippen LogP contribution in [-0.4, -0.2) is 24.1 Å². The van der Waals surface area contributed by atoms with Crippen LogP contribution < -0.4 is 10.4 Å². The van der Waals surface area contributed by atoms with Crippen LogP contribution in [0.2, 0.25) is 0 Å². The van der Waals surface area contributed by atoms with Gasteiger partial charge in [-0.1, -0.05) is 60.7 Å². The Balaban J connectivity index is 1.73. The molecule has 0 fully saturated rings. The lowest BCUT2D eigenvalue weighted by Gasteiger charge is -2.19. The average molecular weight is 370 g/mol. The molecule has 0 spiro atoms. The van der Waals surface area contributed by atoms with Crippen molar-refractivity contribution in [3.63, 3.8) is 0 Å². The monoisotopic (exact) mass is 370 g/mol. The maximum absolute atomic E-state index is 11.8. The molecule has 0 heterocycles. The Morgan fingerprint density at radius 1 is 0.852 bits per heavy atom. The molecule has 2 aromatic carbocycles. The predicted octanol–water partition coefficient (Wildman–Crippen LogP) is 1.55. The van der Waals surface area contributed by atoms with E-state index in [1.54, 1.807) is 24.3 Å². The molecule has 0 saturated heterocycles. The Labute approximate surface area is 156 Å². The summed E-state index contributed by atoms with van der Waals surface area (Å²) in [6, 6.07) is 16.7. The van der Waals surface area contributed by atoms with Gasteiger partial charge in [0, 0.05) is 6.42 Å². The van der Waals surface area contributed by atoms with Gasteiger partial charge in [0.2, 0.25) is 0 Å². The number of carboxylic acids is 1. The summed E-state index contributed by atoms with van der Waals surface area (Å²) in [4.78, 5) is 34.7. The van der Waals surface area contributed by atoms with Gasteiger partial charge in [-0.15, -0.1) is 0 Å². The number of nitrogens with one attached hydrogen (secondary N) is 1. The van der Waals surface area contributed by atoms with E-state index in [0.717, 1.165) is 11.1 Å². The summed E-state index contributed by atoms with van der Waals surface area (Å²) < 4.78 is 10.0. The largest absolute Gasteiger partial charge is 0.548 e. The number of benzene rings is 2. The molecule has 1 amide bonds. The molecule has 0 saturated carbocycles. The number of esters is 1. The molecule has 142 valence electrons. The highest BCUT2D eigenvalue weighted by molar-refractivity contribution is 5.79. The van der Waals surface area contributed by atoms with Gasteiger partial charge in [-0.2, -0.15) is 0 Å². The summed E-state index contributed by atoms with van der Waals surface area (Å²) in [5, 5.41) is 13.4. The van der Waals surface area contributed by atoms with Gasteiger partial charge in [0.05, 0.1) is 12.0 Å². The highest BCUT2D eigenvalue weighted by Gasteiger charge is 2.17. The third-order valence-electron chi connectivity index (χ3n) is 3.67. The van der Waals surface area contributed by atoms with E-state index in [4.69, 9.17) is 9.47 Å². The first-order valence-electron chi connectivity index (χ1n) is 8.42. The van der Waals surface area contributed by atoms with Crippen LogP contribution in [0.3, 0.4) is 0 Å². The zero-order chi connectivity index (χ0) is 19.5. The summed E-state index contributed by atoms with van der Waals surface area (Å²) in [5.74, 6) is -2.06. The molecule has 2 rings (SSSR count). The van der Waals surface area contributed by atoms with E-state index in [-0.39, 0.29) is 26.1 Å². The van der Waals surface area contributed by atoms with Gasteiger partial charge >= 0.3 is 12.1 Å². The summed E-state index contributed by atoms with van der Waals surface area (Å²) in [6.45, 7) is 0.105. The number of carbonyl (C=O) groups is 3. The molecule has 0 aromatic heterocycles. The normalized spacial score (nSPS) is 11.3. The summed E-state index contributed by atoms with van der Waals surface area (Å²) >= 11 is 0. The molecule has 2 aromatic rings. The van der Waals surface area contributed by atoms with Crippen LogP contribution in [0, 0.1) is 0 Å². The van der Waals surface area contributed by atoms with Crippen molar-refractivity contribution in [2.75, 3.05) is 0 Å². The van der Waals surface area contributed by atoms with Crippen LogP contribution in [0.1, 0.15) is 24.0 Å². The topological polar surface area (TPSA) is 105 Å². The van der Waals surface area contributed by atoms with Crippen molar-refractivity contribution in [3.8, 4) is 0 Å². The molecular formula is C20H20NO6-. The van der Waals surface area contributed by atoms with Gasteiger partial charge in [-0.25, -0.2) is 4.79 Å². The Morgan fingerprint density at radius 2 is 1.37 bits per heavy atom. The maximum Gasteiger partial charge on any atom is 0.407 e. The van der Waals surface area contributed by atoms with Gasteiger partial charge in [0.25, 0.3) is 0 Å². The third-order valence-corrected chi connectivity index (χ3v) is 3.67. The second-order valence-electron chi connectivity index (χ2n) is 5.76. The summed E-state index contributed by atoms with van der Waals surface area (Å²) in [6.07, 6.45) is -1.23. The van der Waals surface area contributed by atoms with E-state index in [2.05, 4.69) is 5.32 Å². The third kappa shape index (κ3) is 7.60. The van der Waals surface area contributed by atoms with Gasteiger partial charge in [0.15, 0.2) is 0 Å². The van der Waals surface area contributed by atoms with Crippen LogP contribution in [0.5, 0.6) is 0 Å². The van der Waals surface area contributed by atoms with E-state index in [9.17, 15) is 19.5 Å². The molecule has 1 N–H and O–H groups in total. The zero-order valence-corrected chi connectivity index (χ0v) is 14.6. The van der Waals surface area contributed by atoms with Crippen molar-refractivity contribution >= 4 is 18.0 Å². The van der Waals surface area contributed by atoms with Crippen molar-refractivity contribution in [2.24, 2.45) is 0 Å². The fraction of sp³-hybridized carbons (Fsp3) is 0.250. The first-order valence-corrected chi connectivity index (χ1v) is 8.42. The Morgan fingerprint density at radius 3 is 1.89 bits per heavy atom. The lowest BCUT2D eigenvalue weighted by atomic mass is 10.1. The second kappa shape index (κ2) is 10.6. The molecule has 0 radical (unpaired) electrons. The minimum atomic E-state index is -1.50. The maximum atomic E-state index is 11.8. The van der Waals surface area contributed by atoms with E-state index >= 15 is 0 Å². The number of carbonyl (C=O) groups excluding carboxylic acids is 3. The number of hydrogen-bond donors (Lipinski definition) is 1. The van der Waals surface area contributed by atoms with E-state index in [0.29, 0.717) is 0 Å². The van der Waals surface area contributed by atoms with Gasteiger partial charge < -0.3 is 24.7 Å². The van der Waals surface area contributed by atoms with Crippen LogP contribution in [0.25, 0.3) is 0 Å². The Kier molecular flexibility index (Phi) is 7.84. The van der Waals surface area contributed by atoms with Crippen molar-refractivity contribution in [1.29, 1.82) is 0 Å². The van der Waals surface area contributed by atoms with Crippen molar-refractivity contribution in [2.45, 2.75) is 32.1 Å². The molecule has 7 nitrogen and oxygen atoms in total. The molecule has 0 aliphatic carbocycles. The number of amides is 1. The highest BCUT2D eigenvalue weighted by Crippen LogP contribution is 2.05. The predicted molar refractivity (Wildman–Crippen MR) is 94.0 cm³/mol. The molecule has 0 bridgehead atoms. The second-order valence-corrected chi connectivity index (χ2v) is 5.76. The molecule has 0 unspecified atom stereocenters. The number of alkyl carbamates (subject to hydrolysis) is 1. The average Bonchev–Trinajstić information content (AvgIpc) is 2.69. The minimum absolute atomic E-state index is 0.00551. The van der Waals surface area contributed by atoms with Crippen LogP contribution in [0.4, 0.5) is 4.79 Å². The molecule has 7 heteroatoms. The fourth-order valence-electron chi connectivity index (χ4n) is 2.23. The molecule has 1 atom stereocenters. The lowest BCUT2D eigenvalue weighted by molar-refractivity contribution is -0.308. The van der Waals surface area contributed by atoms with Crippen LogP contribution in [-0.2, 0) is 32.3 Å². The Bertz CT molecular complexity index is 748. The van der Waals surface area contributed by atoms with Crippen molar-refractivity contribution in [3.05, 3.63) is 71.8 Å².